The second kappa shape index (κ2) is 9.99. The number of rotatable bonds is 6. The van der Waals surface area contributed by atoms with Crippen molar-refractivity contribution in [3.05, 3.63) is 98.3 Å². The number of carbonyl (C=O) groups excluding carboxylic acids is 2. The summed E-state index contributed by atoms with van der Waals surface area (Å²) in [4.78, 5) is 29.4. The molecule has 0 radical (unpaired) electrons. The number of ether oxygens (including phenoxy) is 3. The summed E-state index contributed by atoms with van der Waals surface area (Å²) in [6.45, 7) is 4.15. The van der Waals surface area contributed by atoms with E-state index in [1.807, 2.05) is 44.2 Å². The average Bonchev–Trinajstić information content (AvgIpc) is 3.17. The number of aliphatic imine (C=N–C) groups is 1. The minimum Gasteiger partial charge on any atom is -0.490 e. The molecule has 0 bridgehead atoms. The van der Waals surface area contributed by atoms with Crippen LogP contribution in [0.4, 0.5) is 0 Å². The van der Waals surface area contributed by atoms with Gasteiger partial charge in [-0.2, -0.15) is 0 Å². The van der Waals surface area contributed by atoms with Crippen molar-refractivity contribution in [3.63, 3.8) is 0 Å². The molecule has 1 heterocycles. The first-order valence-corrected chi connectivity index (χ1v) is 11.4. The molecular weight excluding hydrogens is 533 g/mol. The number of esters is 2. The summed E-state index contributed by atoms with van der Waals surface area (Å²) in [7, 11) is 0. The van der Waals surface area contributed by atoms with Gasteiger partial charge in [-0.3, -0.25) is 0 Å². The summed E-state index contributed by atoms with van der Waals surface area (Å²) >= 11 is 2.08. The summed E-state index contributed by atoms with van der Waals surface area (Å²) in [5.41, 5.74) is 3.02. The van der Waals surface area contributed by atoms with E-state index in [0.717, 1.165) is 11.1 Å². The largest absolute Gasteiger partial charge is 0.490 e. The summed E-state index contributed by atoms with van der Waals surface area (Å²) in [6, 6.07) is 19.8. The minimum absolute atomic E-state index is 0.181. The highest BCUT2D eigenvalue weighted by Crippen LogP contribution is 2.36. The zero-order chi connectivity index (χ0) is 23.4. The molecule has 0 aromatic heterocycles. The van der Waals surface area contributed by atoms with Gasteiger partial charge in [0.25, 0.3) is 0 Å². The topological polar surface area (TPSA) is 74.2 Å². The lowest BCUT2D eigenvalue weighted by Gasteiger charge is -2.13. The fourth-order valence-corrected chi connectivity index (χ4v) is 3.99. The predicted octanol–water partition coefficient (Wildman–Crippen LogP) is 5.56. The molecule has 0 fully saturated rings. The standard InChI is InChI=1S/C26H20INO5/c1-3-31-22-15-17(13-20(27)23(22)32-25(29)18-10-5-4-6-11-18)14-21-26(30)33-24(28-21)19-12-8-7-9-16(19)2/h4-15H,3H2,1-2H3/b21-14-. The van der Waals surface area contributed by atoms with Crippen molar-refractivity contribution in [1.82, 2.24) is 0 Å². The van der Waals surface area contributed by atoms with Crippen LogP contribution in [0, 0.1) is 10.5 Å². The molecule has 4 rings (SSSR count). The normalized spacial score (nSPS) is 14.1. The minimum atomic E-state index is -0.527. The Hall–Kier alpha value is -3.46. The molecule has 0 atom stereocenters. The van der Waals surface area contributed by atoms with Crippen LogP contribution in [-0.4, -0.2) is 24.4 Å². The first-order valence-electron chi connectivity index (χ1n) is 10.3. The Bertz CT molecular complexity index is 1280. The Morgan fingerprint density at radius 3 is 2.55 bits per heavy atom. The summed E-state index contributed by atoms with van der Waals surface area (Å²) in [5.74, 6) is -0.00716. The van der Waals surface area contributed by atoms with E-state index in [2.05, 4.69) is 27.6 Å². The average molecular weight is 553 g/mol. The molecule has 7 heteroatoms. The lowest BCUT2D eigenvalue weighted by molar-refractivity contribution is -0.129. The van der Waals surface area contributed by atoms with Gasteiger partial charge < -0.3 is 14.2 Å². The van der Waals surface area contributed by atoms with E-state index >= 15 is 0 Å². The number of carbonyl (C=O) groups is 2. The molecule has 0 amide bonds. The van der Waals surface area contributed by atoms with Gasteiger partial charge in [0.05, 0.1) is 15.7 Å². The van der Waals surface area contributed by atoms with Crippen molar-refractivity contribution in [2.45, 2.75) is 13.8 Å². The number of hydrogen-bond acceptors (Lipinski definition) is 6. The lowest BCUT2D eigenvalue weighted by atomic mass is 10.1. The van der Waals surface area contributed by atoms with Crippen LogP contribution in [0.25, 0.3) is 6.08 Å². The van der Waals surface area contributed by atoms with Crippen LogP contribution in [0.15, 0.2) is 77.4 Å². The molecule has 0 unspecified atom stereocenters. The highest BCUT2D eigenvalue weighted by atomic mass is 127. The lowest BCUT2D eigenvalue weighted by Crippen LogP contribution is -2.10. The van der Waals surface area contributed by atoms with E-state index in [-0.39, 0.29) is 11.6 Å². The van der Waals surface area contributed by atoms with Gasteiger partial charge in [-0.15, -0.1) is 0 Å². The van der Waals surface area contributed by atoms with Crippen molar-refractivity contribution < 1.29 is 23.8 Å². The third-order valence-corrected chi connectivity index (χ3v) is 5.64. The third kappa shape index (κ3) is 5.14. The number of benzene rings is 3. The van der Waals surface area contributed by atoms with Gasteiger partial charge in [-0.25, -0.2) is 14.6 Å². The second-order valence-electron chi connectivity index (χ2n) is 7.17. The summed E-state index contributed by atoms with van der Waals surface area (Å²) in [6.07, 6.45) is 1.63. The van der Waals surface area contributed by atoms with Crippen molar-refractivity contribution in [3.8, 4) is 11.5 Å². The van der Waals surface area contributed by atoms with Gasteiger partial charge in [0, 0.05) is 5.56 Å². The summed E-state index contributed by atoms with van der Waals surface area (Å²) < 4.78 is 17.4. The Kier molecular flexibility index (Phi) is 6.88. The highest BCUT2D eigenvalue weighted by molar-refractivity contribution is 14.1. The molecule has 0 aliphatic carbocycles. The number of halogens is 1. The predicted molar refractivity (Wildman–Crippen MR) is 134 cm³/mol. The first-order chi connectivity index (χ1) is 16.0. The summed E-state index contributed by atoms with van der Waals surface area (Å²) in [5, 5.41) is 0. The molecule has 1 aliphatic rings. The maximum absolute atomic E-state index is 12.6. The number of nitrogens with zero attached hydrogens (tertiary/aromatic N) is 1. The van der Waals surface area contributed by atoms with Gasteiger partial charge in [-0.1, -0.05) is 36.4 Å². The monoisotopic (exact) mass is 553 g/mol. The van der Waals surface area contributed by atoms with Crippen LogP contribution in [-0.2, 0) is 9.53 Å². The molecule has 0 saturated carbocycles. The van der Waals surface area contributed by atoms with E-state index in [1.54, 1.807) is 42.5 Å². The molecular formula is C26H20INO5. The van der Waals surface area contributed by atoms with E-state index in [9.17, 15) is 9.59 Å². The van der Waals surface area contributed by atoms with Crippen LogP contribution < -0.4 is 9.47 Å². The van der Waals surface area contributed by atoms with Crippen molar-refractivity contribution >= 4 is 46.5 Å². The zero-order valence-corrected chi connectivity index (χ0v) is 20.2. The van der Waals surface area contributed by atoms with Crippen LogP contribution in [0.3, 0.4) is 0 Å². The first kappa shape index (κ1) is 22.7. The van der Waals surface area contributed by atoms with E-state index < -0.39 is 11.9 Å². The van der Waals surface area contributed by atoms with Crippen LogP contribution in [0.1, 0.15) is 34.0 Å². The SMILES string of the molecule is CCOc1cc(/C=C2\N=C(c3ccccc3C)OC2=O)cc(I)c1OC(=O)c1ccccc1. The molecule has 1 aliphatic heterocycles. The van der Waals surface area contributed by atoms with Crippen molar-refractivity contribution in [1.29, 1.82) is 0 Å². The number of aryl methyl sites for hydroxylation is 1. The van der Waals surface area contributed by atoms with Gasteiger partial charge >= 0.3 is 11.9 Å². The maximum Gasteiger partial charge on any atom is 0.363 e. The quantitative estimate of drug-likeness (QED) is 0.173. The van der Waals surface area contributed by atoms with Gasteiger partial charge in [0.1, 0.15) is 0 Å². The Morgan fingerprint density at radius 2 is 1.82 bits per heavy atom. The van der Waals surface area contributed by atoms with E-state index in [4.69, 9.17) is 14.2 Å². The van der Waals surface area contributed by atoms with Crippen molar-refractivity contribution in [2.75, 3.05) is 6.61 Å². The third-order valence-electron chi connectivity index (χ3n) is 4.84. The molecule has 0 N–H and O–H groups in total. The molecule has 0 spiro atoms. The molecule has 6 nitrogen and oxygen atoms in total. The Labute approximate surface area is 205 Å². The second-order valence-corrected chi connectivity index (χ2v) is 8.33. The fraction of sp³-hybridized carbons (Fsp3) is 0.115. The smallest absolute Gasteiger partial charge is 0.363 e. The Morgan fingerprint density at radius 1 is 1.09 bits per heavy atom. The molecule has 33 heavy (non-hydrogen) atoms. The molecule has 166 valence electrons. The van der Waals surface area contributed by atoms with Crippen molar-refractivity contribution in [2.24, 2.45) is 4.99 Å². The molecule has 0 saturated heterocycles. The van der Waals surface area contributed by atoms with E-state index in [1.165, 1.54) is 0 Å². The van der Waals surface area contributed by atoms with Crippen LogP contribution in [0.2, 0.25) is 0 Å². The molecule has 3 aromatic rings. The van der Waals surface area contributed by atoms with Crippen LogP contribution in [0.5, 0.6) is 11.5 Å². The van der Waals surface area contributed by atoms with Crippen LogP contribution >= 0.6 is 22.6 Å². The maximum atomic E-state index is 12.6. The van der Waals surface area contributed by atoms with Gasteiger partial charge in [0.2, 0.25) is 5.90 Å². The highest BCUT2D eigenvalue weighted by Gasteiger charge is 2.25. The zero-order valence-electron chi connectivity index (χ0n) is 18.0. The van der Waals surface area contributed by atoms with E-state index in [0.29, 0.717) is 32.8 Å². The van der Waals surface area contributed by atoms with Gasteiger partial charge in [-0.05, 0) is 84.0 Å². The number of cyclic esters (lactones) is 1. The Balaban J connectivity index is 1.66. The number of hydrogen-bond donors (Lipinski definition) is 0. The fourth-order valence-electron chi connectivity index (χ4n) is 3.25. The molecule has 3 aromatic carbocycles. The van der Waals surface area contributed by atoms with Gasteiger partial charge in [0.15, 0.2) is 17.2 Å².